The Hall–Kier alpha value is -2.29. The zero-order valence-electron chi connectivity index (χ0n) is 12.5. The van der Waals surface area contributed by atoms with E-state index in [0.29, 0.717) is 13.0 Å². The molecule has 0 spiro atoms. The van der Waals surface area contributed by atoms with Crippen LogP contribution in [-0.4, -0.2) is 19.5 Å². The first-order chi connectivity index (χ1) is 10.2. The van der Waals surface area contributed by atoms with Crippen molar-refractivity contribution in [3.63, 3.8) is 0 Å². The lowest BCUT2D eigenvalue weighted by Crippen LogP contribution is -2.01. The van der Waals surface area contributed by atoms with E-state index in [4.69, 9.17) is 9.47 Å². The number of carbonyl (C=O) groups excluding carboxylic acids is 1. The van der Waals surface area contributed by atoms with Crippen molar-refractivity contribution in [2.24, 2.45) is 0 Å². The lowest BCUT2D eigenvalue weighted by atomic mass is 10.0. The first kappa shape index (κ1) is 15.1. The Kier molecular flexibility index (Phi) is 5.38. The number of carbonyl (C=O) groups is 1. The van der Waals surface area contributed by atoms with Gasteiger partial charge in [-0.1, -0.05) is 12.1 Å². The monoisotopic (exact) mass is 284 g/mol. The van der Waals surface area contributed by atoms with Crippen molar-refractivity contribution in [3.8, 4) is 11.5 Å². The maximum atomic E-state index is 12.1. The minimum absolute atomic E-state index is 0.147. The molecule has 3 nitrogen and oxygen atoms in total. The summed E-state index contributed by atoms with van der Waals surface area (Å²) in [6, 6.07) is 15.1. The molecule has 0 bridgehead atoms. The number of hydrogen-bond acceptors (Lipinski definition) is 3. The maximum Gasteiger partial charge on any atom is 0.163 e. The molecule has 2 rings (SSSR count). The predicted molar refractivity (Wildman–Crippen MR) is 83.3 cm³/mol. The third-order valence-corrected chi connectivity index (χ3v) is 3.29. The van der Waals surface area contributed by atoms with E-state index in [1.54, 1.807) is 7.11 Å². The number of rotatable bonds is 7. The number of hydrogen-bond donors (Lipinski definition) is 0. The molecule has 21 heavy (non-hydrogen) atoms. The van der Waals surface area contributed by atoms with Crippen molar-refractivity contribution in [1.29, 1.82) is 0 Å². The first-order valence-corrected chi connectivity index (χ1v) is 7.12. The minimum atomic E-state index is 0.147. The smallest absolute Gasteiger partial charge is 0.163 e. The summed E-state index contributed by atoms with van der Waals surface area (Å²) in [5.41, 5.74) is 1.86. The molecule has 0 saturated carbocycles. The van der Waals surface area contributed by atoms with Crippen molar-refractivity contribution < 1.29 is 14.3 Å². The second kappa shape index (κ2) is 7.48. The van der Waals surface area contributed by atoms with Crippen LogP contribution < -0.4 is 9.47 Å². The van der Waals surface area contributed by atoms with E-state index < -0.39 is 0 Å². The molecule has 0 aliphatic heterocycles. The Morgan fingerprint density at radius 2 is 1.57 bits per heavy atom. The molecule has 0 aliphatic carbocycles. The third-order valence-electron chi connectivity index (χ3n) is 3.29. The van der Waals surface area contributed by atoms with Gasteiger partial charge in [0.25, 0.3) is 0 Å². The molecule has 0 heterocycles. The second-order valence-corrected chi connectivity index (χ2v) is 4.73. The summed E-state index contributed by atoms with van der Waals surface area (Å²) in [6.07, 6.45) is 1.23. The molecule has 0 atom stereocenters. The molecular formula is C18H20O3. The van der Waals surface area contributed by atoms with Crippen LogP contribution in [0.2, 0.25) is 0 Å². The van der Waals surface area contributed by atoms with Gasteiger partial charge in [-0.25, -0.2) is 0 Å². The van der Waals surface area contributed by atoms with Crippen LogP contribution in [0.5, 0.6) is 11.5 Å². The summed E-state index contributed by atoms with van der Waals surface area (Å²) in [5.74, 6) is 1.77. The second-order valence-electron chi connectivity index (χ2n) is 4.73. The van der Waals surface area contributed by atoms with E-state index in [0.717, 1.165) is 29.0 Å². The largest absolute Gasteiger partial charge is 0.497 e. The molecular weight excluding hydrogens is 264 g/mol. The number of methoxy groups -OCH3 is 1. The van der Waals surface area contributed by atoms with E-state index in [-0.39, 0.29) is 5.78 Å². The highest BCUT2D eigenvalue weighted by Crippen LogP contribution is 2.16. The molecule has 0 radical (unpaired) electrons. The maximum absolute atomic E-state index is 12.1. The Bertz CT molecular complexity index is 570. The molecule has 2 aromatic rings. The van der Waals surface area contributed by atoms with Gasteiger partial charge in [-0.15, -0.1) is 0 Å². The quantitative estimate of drug-likeness (QED) is 0.723. The van der Waals surface area contributed by atoms with E-state index in [2.05, 4.69) is 0 Å². The predicted octanol–water partition coefficient (Wildman–Crippen LogP) is 3.91. The summed E-state index contributed by atoms with van der Waals surface area (Å²) < 4.78 is 10.5. The zero-order valence-corrected chi connectivity index (χ0v) is 12.5. The number of benzene rings is 2. The van der Waals surface area contributed by atoms with E-state index >= 15 is 0 Å². The fraction of sp³-hybridized carbons (Fsp3) is 0.278. The molecule has 3 heteroatoms. The molecule has 0 unspecified atom stereocenters. The number of ketones is 1. The molecule has 2 aromatic carbocycles. The average molecular weight is 284 g/mol. The van der Waals surface area contributed by atoms with Crippen molar-refractivity contribution in [3.05, 3.63) is 59.7 Å². The van der Waals surface area contributed by atoms with E-state index in [9.17, 15) is 4.79 Å². The van der Waals surface area contributed by atoms with Gasteiger partial charge in [-0.05, 0) is 55.3 Å². The molecule has 0 amide bonds. The molecule has 0 saturated heterocycles. The van der Waals surface area contributed by atoms with Gasteiger partial charge < -0.3 is 9.47 Å². The molecule has 110 valence electrons. The summed E-state index contributed by atoms with van der Waals surface area (Å²) >= 11 is 0. The highest BCUT2D eigenvalue weighted by atomic mass is 16.5. The highest BCUT2D eigenvalue weighted by Gasteiger charge is 2.06. The van der Waals surface area contributed by atoms with Crippen LogP contribution >= 0.6 is 0 Å². The number of ether oxygens (including phenoxy) is 2. The lowest BCUT2D eigenvalue weighted by molar-refractivity contribution is 0.0983. The Morgan fingerprint density at radius 1 is 0.952 bits per heavy atom. The first-order valence-electron chi connectivity index (χ1n) is 7.12. The number of Topliss-reactive ketones (excluding diaryl/α,β-unsaturated/α-hetero) is 1. The summed E-state index contributed by atoms with van der Waals surface area (Å²) in [5, 5.41) is 0. The van der Waals surface area contributed by atoms with Gasteiger partial charge in [0.15, 0.2) is 5.78 Å². The Labute approximate surface area is 125 Å². The normalized spacial score (nSPS) is 10.2. The molecule has 0 fully saturated rings. The Balaban J connectivity index is 1.91. The summed E-state index contributed by atoms with van der Waals surface area (Å²) in [4.78, 5) is 12.1. The third kappa shape index (κ3) is 4.35. The van der Waals surface area contributed by atoms with Gasteiger partial charge in [0.2, 0.25) is 0 Å². The molecule has 0 aliphatic rings. The SMILES string of the molecule is CCOc1ccc(C(=O)CCc2ccc(OC)cc2)cc1. The van der Waals surface area contributed by atoms with E-state index in [1.807, 2.05) is 55.5 Å². The topological polar surface area (TPSA) is 35.5 Å². The van der Waals surface area contributed by atoms with Gasteiger partial charge in [-0.3, -0.25) is 4.79 Å². The number of aryl methyl sites for hydroxylation is 1. The van der Waals surface area contributed by atoms with Gasteiger partial charge in [0, 0.05) is 12.0 Å². The molecule has 0 aromatic heterocycles. The van der Waals surface area contributed by atoms with Crippen LogP contribution in [0.3, 0.4) is 0 Å². The van der Waals surface area contributed by atoms with Gasteiger partial charge in [-0.2, -0.15) is 0 Å². The summed E-state index contributed by atoms with van der Waals surface area (Å²) in [6.45, 7) is 2.57. The Morgan fingerprint density at radius 3 is 2.14 bits per heavy atom. The fourth-order valence-corrected chi connectivity index (χ4v) is 2.10. The summed E-state index contributed by atoms with van der Waals surface area (Å²) in [7, 11) is 1.64. The van der Waals surface area contributed by atoms with Crippen molar-refractivity contribution >= 4 is 5.78 Å². The highest BCUT2D eigenvalue weighted by molar-refractivity contribution is 5.96. The van der Waals surface area contributed by atoms with Gasteiger partial charge >= 0.3 is 0 Å². The van der Waals surface area contributed by atoms with Crippen LogP contribution in [0, 0.1) is 0 Å². The van der Waals surface area contributed by atoms with Crippen LogP contribution in [0.15, 0.2) is 48.5 Å². The van der Waals surface area contributed by atoms with Crippen LogP contribution in [0.1, 0.15) is 29.3 Å². The van der Waals surface area contributed by atoms with Crippen LogP contribution in [0.4, 0.5) is 0 Å². The fourth-order valence-electron chi connectivity index (χ4n) is 2.10. The van der Waals surface area contributed by atoms with Crippen LogP contribution in [0.25, 0.3) is 0 Å². The van der Waals surface area contributed by atoms with Crippen molar-refractivity contribution in [2.75, 3.05) is 13.7 Å². The van der Waals surface area contributed by atoms with Crippen LogP contribution in [-0.2, 0) is 6.42 Å². The average Bonchev–Trinajstić information content (AvgIpc) is 2.54. The van der Waals surface area contributed by atoms with Crippen molar-refractivity contribution in [1.82, 2.24) is 0 Å². The minimum Gasteiger partial charge on any atom is -0.497 e. The zero-order chi connectivity index (χ0) is 15.1. The molecule has 0 N–H and O–H groups in total. The van der Waals surface area contributed by atoms with Crippen molar-refractivity contribution in [2.45, 2.75) is 19.8 Å². The van der Waals surface area contributed by atoms with E-state index in [1.165, 1.54) is 0 Å². The lowest BCUT2D eigenvalue weighted by Gasteiger charge is -2.05. The van der Waals surface area contributed by atoms with Gasteiger partial charge in [0.1, 0.15) is 11.5 Å². The standard InChI is InChI=1S/C18H20O3/c1-3-21-17-11-7-15(8-12-17)18(19)13-6-14-4-9-16(20-2)10-5-14/h4-5,7-12H,3,6,13H2,1-2H3. The van der Waals surface area contributed by atoms with Gasteiger partial charge in [0.05, 0.1) is 13.7 Å².